The molecule has 1 atom stereocenters. The first-order valence-corrected chi connectivity index (χ1v) is 7.83. The normalized spacial score (nSPS) is 18.7. The van der Waals surface area contributed by atoms with Gasteiger partial charge in [0.05, 0.1) is 11.1 Å². The molecule has 0 saturated carbocycles. The Labute approximate surface area is 137 Å². The largest absolute Gasteiger partial charge is 0.417 e. The lowest BCUT2D eigenvalue weighted by atomic mass is 9.96. The number of aromatic nitrogens is 2. The number of imidazole rings is 1. The fourth-order valence-corrected chi connectivity index (χ4v) is 3.11. The zero-order chi connectivity index (χ0) is 17.3. The van der Waals surface area contributed by atoms with E-state index < -0.39 is 17.6 Å². The molecule has 1 aliphatic rings. The van der Waals surface area contributed by atoms with Crippen LogP contribution in [0, 0.1) is 6.92 Å². The van der Waals surface area contributed by atoms with E-state index in [2.05, 4.69) is 9.97 Å². The molecule has 0 unspecified atom stereocenters. The summed E-state index contributed by atoms with van der Waals surface area (Å²) in [6.45, 7) is 2.72. The number of aryl methyl sites for hydroxylation is 1. The van der Waals surface area contributed by atoms with Crippen molar-refractivity contribution in [2.45, 2.75) is 31.9 Å². The molecule has 1 aromatic carbocycles. The van der Waals surface area contributed by atoms with Gasteiger partial charge in [0, 0.05) is 30.9 Å². The second-order valence-electron chi connectivity index (χ2n) is 6.09. The van der Waals surface area contributed by atoms with Crippen LogP contribution < -0.4 is 0 Å². The third kappa shape index (κ3) is 3.29. The molecule has 0 spiro atoms. The van der Waals surface area contributed by atoms with Crippen LogP contribution in [0.25, 0.3) is 0 Å². The lowest BCUT2D eigenvalue weighted by molar-refractivity contribution is -0.138. The minimum absolute atomic E-state index is 0.0226. The highest BCUT2D eigenvalue weighted by Crippen LogP contribution is 2.33. The summed E-state index contributed by atoms with van der Waals surface area (Å²) < 4.78 is 39.4. The molecule has 4 nitrogen and oxygen atoms in total. The van der Waals surface area contributed by atoms with Crippen LogP contribution in [-0.2, 0) is 6.18 Å². The Morgan fingerprint density at radius 1 is 1.33 bits per heavy atom. The summed E-state index contributed by atoms with van der Waals surface area (Å²) in [5.74, 6) is 0.236. The smallest absolute Gasteiger partial charge is 0.346 e. The molecular formula is C17H18F3N3O. The summed E-state index contributed by atoms with van der Waals surface area (Å²) in [5.41, 5.74) is -0.247. The monoisotopic (exact) mass is 337 g/mol. The number of carbonyl (C=O) groups is 1. The number of alkyl halides is 3. The van der Waals surface area contributed by atoms with Gasteiger partial charge >= 0.3 is 6.18 Å². The third-order valence-electron chi connectivity index (χ3n) is 4.28. The highest BCUT2D eigenvalue weighted by Gasteiger charge is 2.37. The van der Waals surface area contributed by atoms with Crippen LogP contribution in [-0.4, -0.2) is 33.9 Å². The minimum Gasteiger partial charge on any atom is -0.346 e. The molecule has 7 heteroatoms. The Balaban J connectivity index is 1.83. The van der Waals surface area contributed by atoms with E-state index in [1.807, 2.05) is 6.92 Å². The SMILES string of the molecule is Cc1cnc([C@H]2CCCN(C(=O)c3ccccc3C(F)(F)F)C2)[nH]1. The standard InChI is InChI=1S/C17H18F3N3O/c1-11-9-21-15(22-11)12-5-4-8-23(10-12)16(24)13-6-2-3-7-14(13)17(18,19)20/h2-3,6-7,9,12H,4-5,8,10H2,1H3,(H,21,22)/t12-/m0/s1. The van der Waals surface area contributed by atoms with E-state index >= 15 is 0 Å². The molecule has 2 aromatic rings. The topological polar surface area (TPSA) is 49.0 Å². The molecule has 1 aromatic heterocycles. The number of benzene rings is 1. The van der Waals surface area contributed by atoms with E-state index in [4.69, 9.17) is 0 Å². The van der Waals surface area contributed by atoms with Gasteiger partial charge in [-0.25, -0.2) is 4.98 Å². The van der Waals surface area contributed by atoms with Gasteiger partial charge in [0.15, 0.2) is 0 Å². The predicted molar refractivity (Wildman–Crippen MR) is 82.6 cm³/mol. The lowest BCUT2D eigenvalue weighted by Gasteiger charge is -2.32. The lowest BCUT2D eigenvalue weighted by Crippen LogP contribution is -2.40. The van der Waals surface area contributed by atoms with Crippen LogP contribution in [0.2, 0.25) is 0 Å². The number of hydrogen-bond donors (Lipinski definition) is 1. The van der Waals surface area contributed by atoms with Crippen molar-refractivity contribution in [1.29, 1.82) is 0 Å². The highest BCUT2D eigenvalue weighted by molar-refractivity contribution is 5.96. The second-order valence-corrected chi connectivity index (χ2v) is 6.09. The Morgan fingerprint density at radius 2 is 2.08 bits per heavy atom. The number of carbonyl (C=O) groups excluding carboxylic acids is 1. The van der Waals surface area contributed by atoms with Crippen molar-refractivity contribution < 1.29 is 18.0 Å². The van der Waals surface area contributed by atoms with Gasteiger partial charge in [0.25, 0.3) is 5.91 Å². The number of hydrogen-bond acceptors (Lipinski definition) is 2. The molecule has 0 bridgehead atoms. The second kappa shape index (κ2) is 6.30. The van der Waals surface area contributed by atoms with Gasteiger partial charge in [-0.2, -0.15) is 13.2 Å². The zero-order valence-corrected chi connectivity index (χ0v) is 13.2. The van der Waals surface area contributed by atoms with Gasteiger partial charge < -0.3 is 9.88 Å². The van der Waals surface area contributed by atoms with E-state index in [1.165, 1.54) is 23.1 Å². The fourth-order valence-electron chi connectivity index (χ4n) is 3.11. The molecule has 1 amide bonds. The first-order valence-electron chi connectivity index (χ1n) is 7.83. The van der Waals surface area contributed by atoms with E-state index in [1.54, 1.807) is 6.20 Å². The maximum Gasteiger partial charge on any atom is 0.417 e. The molecule has 1 saturated heterocycles. The number of aromatic amines is 1. The highest BCUT2D eigenvalue weighted by atomic mass is 19.4. The Hall–Kier alpha value is -2.31. The average molecular weight is 337 g/mol. The number of likely N-dealkylation sites (tertiary alicyclic amines) is 1. The van der Waals surface area contributed by atoms with Crippen LogP contribution in [0.1, 0.15) is 46.2 Å². The van der Waals surface area contributed by atoms with Gasteiger partial charge in [-0.3, -0.25) is 4.79 Å². The van der Waals surface area contributed by atoms with E-state index in [0.29, 0.717) is 13.1 Å². The fraction of sp³-hybridized carbons (Fsp3) is 0.412. The number of amides is 1. The number of rotatable bonds is 2. The summed E-state index contributed by atoms with van der Waals surface area (Å²) in [5, 5.41) is 0. The summed E-state index contributed by atoms with van der Waals surface area (Å²) in [6, 6.07) is 4.94. The number of nitrogens with one attached hydrogen (secondary N) is 1. The quantitative estimate of drug-likeness (QED) is 0.907. The van der Waals surface area contributed by atoms with Gasteiger partial charge in [-0.1, -0.05) is 12.1 Å². The van der Waals surface area contributed by atoms with Crippen molar-refractivity contribution >= 4 is 5.91 Å². The van der Waals surface area contributed by atoms with Crippen LogP contribution in [0.5, 0.6) is 0 Å². The maximum atomic E-state index is 13.1. The van der Waals surface area contributed by atoms with Crippen LogP contribution in [0.3, 0.4) is 0 Å². The summed E-state index contributed by atoms with van der Waals surface area (Å²) in [7, 11) is 0. The summed E-state index contributed by atoms with van der Waals surface area (Å²) >= 11 is 0. The van der Waals surface area contributed by atoms with Crippen LogP contribution in [0.15, 0.2) is 30.5 Å². The first kappa shape index (κ1) is 16.5. The minimum atomic E-state index is -4.54. The van der Waals surface area contributed by atoms with Gasteiger partial charge in [0.2, 0.25) is 0 Å². The van der Waals surface area contributed by atoms with Crippen molar-refractivity contribution in [2.75, 3.05) is 13.1 Å². The summed E-state index contributed by atoms with van der Waals surface area (Å²) in [4.78, 5) is 21.6. The Morgan fingerprint density at radius 3 is 2.75 bits per heavy atom. The number of halogens is 3. The van der Waals surface area contributed by atoms with E-state index in [9.17, 15) is 18.0 Å². The average Bonchev–Trinajstić information content (AvgIpc) is 3.00. The molecule has 3 rings (SSSR count). The molecule has 1 aliphatic heterocycles. The number of H-pyrrole nitrogens is 1. The molecule has 24 heavy (non-hydrogen) atoms. The number of piperidine rings is 1. The van der Waals surface area contributed by atoms with Crippen molar-refractivity contribution in [3.63, 3.8) is 0 Å². The van der Waals surface area contributed by atoms with Crippen molar-refractivity contribution in [1.82, 2.24) is 14.9 Å². The van der Waals surface area contributed by atoms with Crippen LogP contribution in [0.4, 0.5) is 13.2 Å². The van der Waals surface area contributed by atoms with E-state index in [0.717, 1.165) is 30.4 Å². The molecule has 1 N–H and O–H groups in total. The molecule has 2 heterocycles. The molecule has 0 radical (unpaired) electrons. The zero-order valence-electron chi connectivity index (χ0n) is 13.2. The molecule has 1 fully saturated rings. The van der Waals surface area contributed by atoms with Gasteiger partial charge in [-0.05, 0) is 31.9 Å². The molecule has 128 valence electrons. The maximum absolute atomic E-state index is 13.1. The summed E-state index contributed by atoms with van der Waals surface area (Å²) in [6.07, 6.45) is -1.23. The molecular weight excluding hydrogens is 319 g/mol. The number of nitrogens with zero attached hydrogens (tertiary/aromatic N) is 2. The third-order valence-corrected chi connectivity index (χ3v) is 4.28. The Bertz CT molecular complexity index is 739. The van der Waals surface area contributed by atoms with Gasteiger partial charge in [-0.15, -0.1) is 0 Å². The van der Waals surface area contributed by atoms with Crippen molar-refractivity contribution in [3.05, 3.63) is 53.1 Å². The van der Waals surface area contributed by atoms with Crippen molar-refractivity contribution in [2.24, 2.45) is 0 Å². The van der Waals surface area contributed by atoms with Crippen molar-refractivity contribution in [3.8, 4) is 0 Å². The van der Waals surface area contributed by atoms with E-state index in [-0.39, 0.29) is 11.5 Å². The van der Waals surface area contributed by atoms with Crippen LogP contribution >= 0.6 is 0 Å². The molecule has 0 aliphatic carbocycles. The Kier molecular flexibility index (Phi) is 4.34. The predicted octanol–water partition coefficient (Wildman–Crippen LogP) is 3.76. The van der Waals surface area contributed by atoms with Gasteiger partial charge in [0.1, 0.15) is 5.82 Å². The first-order chi connectivity index (χ1) is 11.4.